The van der Waals surface area contributed by atoms with Gasteiger partial charge in [-0.25, -0.2) is 9.97 Å². The molecule has 2 aromatic carbocycles. The van der Waals surface area contributed by atoms with Crippen LogP contribution >= 0.6 is 34.3 Å². The van der Waals surface area contributed by atoms with Gasteiger partial charge in [0.2, 0.25) is 0 Å². The molecule has 2 aliphatic rings. The standard InChI is InChI=1S/C28H26ClN5O2S2/c1-15-17(5-3-7-19(15)32-26(36)28-34-21-9-11-31-14-24(21)38-28)18-6-2-4-16(25(18)29)12-22(35)27-33-20-8-10-30-13-23(20)37-27/h2-7,30-31H,8-14H2,1H3,(H,32,36). The van der Waals surface area contributed by atoms with Crippen molar-refractivity contribution < 1.29 is 9.59 Å². The van der Waals surface area contributed by atoms with Gasteiger partial charge in [0.25, 0.3) is 5.91 Å². The second kappa shape index (κ2) is 10.7. The van der Waals surface area contributed by atoms with E-state index in [0.29, 0.717) is 20.7 Å². The number of Topliss-reactive ketones (excluding diaryl/α,β-unsaturated/α-hetero) is 1. The van der Waals surface area contributed by atoms with Gasteiger partial charge in [0.05, 0.1) is 16.4 Å². The number of halogens is 1. The molecule has 0 saturated carbocycles. The Hall–Kier alpha value is -2.95. The van der Waals surface area contributed by atoms with Gasteiger partial charge >= 0.3 is 0 Å². The van der Waals surface area contributed by atoms with Gasteiger partial charge in [0.1, 0.15) is 0 Å². The zero-order valence-corrected chi connectivity index (χ0v) is 23.2. The molecule has 6 rings (SSSR count). The van der Waals surface area contributed by atoms with E-state index in [2.05, 4.69) is 25.9 Å². The van der Waals surface area contributed by atoms with Crippen LogP contribution in [0.5, 0.6) is 0 Å². The Bertz CT molecular complexity index is 1400. The van der Waals surface area contributed by atoms with Crippen molar-refractivity contribution in [1.29, 1.82) is 0 Å². The van der Waals surface area contributed by atoms with Gasteiger partial charge in [0, 0.05) is 66.4 Å². The molecule has 4 heterocycles. The fourth-order valence-corrected chi connectivity index (χ4v) is 7.16. The lowest BCUT2D eigenvalue weighted by molar-refractivity contribution is 0.0990. The molecule has 194 valence electrons. The van der Waals surface area contributed by atoms with E-state index >= 15 is 0 Å². The summed E-state index contributed by atoms with van der Waals surface area (Å²) in [4.78, 5) is 37.5. The van der Waals surface area contributed by atoms with Crippen LogP contribution in [0.3, 0.4) is 0 Å². The van der Waals surface area contributed by atoms with Crippen LogP contribution in [0.1, 0.15) is 51.9 Å². The fourth-order valence-electron chi connectivity index (χ4n) is 4.88. The molecule has 3 N–H and O–H groups in total. The molecule has 0 fully saturated rings. The van der Waals surface area contributed by atoms with Gasteiger partial charge in [0.15, 0.2) is 15.8 Å². The summed E-state index contributed by atoms with van der Waals surface area (Å²) in [5.74, 6) is -0.237. The highest BCUT2D eigenvalue weighted by Crippen LogP contribution is 2.36. The lowest BCUT2D eigenvalue weighted by Gasteiger charge is -2.15. The number of ketones is 1. The third kappa shape index (κ3) is 4.92. The van der Waals surface area contributed by atoms with Crippen LogP contribution in [0, 0.1) is 6.92 Å². The number of rotatable bonds is 6. The first kappa shape index (κ1) is 25.3. The Labute approximate surface area is 233 Å². The first-order valence-electron chi connectivity index (χ1n) is 12.6. The van der Waals surface area contributed by atoms with Crippen LogP contribution in [-0.4, -0.2) is 34.7 Å². The van der Waals surface area contributed by atoms with Gasteiger partial charge in [-0.2, -0.15) is 0 Å². The number of benzene rings is 2. The molecule has 0 saturated heterocycles. The van der Waals surface area contributed by atoms with Crippen molar-refractivity contribution >= 4 is 51.7 Å². The van der Waals surface area contributed by atoms with E-state index in [-0.39, 0.29) is 18.1 Å². The van der Waals surface area contributed by atoms with Crippen molar-refractivity contribution in [3.8, 4) is 11.1 Å². The second-order valence-corrected chi connectivity index (χ2v) is 12.0. The summed E-state index contributed by atoms with van der Waals surface area (Å²) < 4.78 is 0. The zero-order valence-electron chi connectivity index (χ0n) is 20.8. The summed E-state index contributed by atoms with van der Waals surface area (Å²) in [6.45, 7) is 5.26. The molecular weight excluding hydrogens is 538 g/mol. The maximum absolute atomic E-state index is 13.1. The van der Waals surface area contributed by atoms with Gasteiger partial charge in [-0.3, -0.25) is 9.59 Å². The molecule has 4 aromatic rings. The number of hydrogen-bond donors (Lipinski definition) is 3. The van der Waals surface area contributed by atoms with Crippen molar-refractivity contribution in [1.82, 2.24) is 20.6 Å². The molecular formula is C28H26ClN5O2S2. The number of amides is 1. The maximum atomic E-state index is 13.1. The normalized spacial score (nSPS) is 14.6. The Morgan fingerprint density at radius 3 is 2.26 bits per heavy atom. The van der Waals surface area contributed by atoms with E-state index in [4.69, 9.17) is 11.6 Å². The average Bonchev–Trinajstić information content (AvgIpc) is 3.56. The third-order valence-corrected chi connectivity index (χ3v) is 9.62. The average molecular weight is 564 g/mol. The van der Waals surface area contributed by atoms with Crippen LogP contribution in [0.15, 0.2) is 36.4 Å². The van der Waals surface area contributed by atoms with E-state index in [1.54, 1.807) is 0 Å². The monoisotopic (exact) mass is 563 g/mol. The smallest absolute Gasteiger partial charge is 0.284 e. The Morgan fingerprint density at radius 1 is 0.921 bits per heavy atom. The largest absolute Gasteiger partial charge is 0.320 e. The van der Waals surface area contributed by atoms with Gasteiger partial charge in [-0.1, -0.05) is 41.9 Å². The Balaban J connectivity index is 1.23. The molecule has 2 aromatic heterocycles. The van der Waals surface area contributed by atoms with Gasteiger partial charge < -0.3 is 16.0 Å². The zero-order chi connectivity index (χ0) is 26.2. The molecule has 1 amide bonds. The lowest BCUT2D eigenvalue weighted by atomic mass is 9.96. The second-order valence-electron chi connectivity index (χ2n) is 9.44. The molecule has 0 spiro atoms. The summed E-state index contributed by atoms with van der Waals surface area (Å²) in [6, 6.07) is 11.5. The van der Waals surface area contributed by atoms with E-state index < -0.39 is 0 Å². The molecule has 2 aliphatic heterocycles. The minimum absolute atomic E-state index is 0.0254. The number of hydrogen-bond acceptors (Lipinski definition) is 8. The first-order chi connectivity index (χ1) is 18.5. The SMILES string of the molecule is Cc1c(NC(=O)c2nc3c(s2)CNCC3)cccc1-c1cccc(CC(=O)c2nc3c(s2)CNCC3)c1Cl. The minimum atomic E-state index is -0.212. The molecule has 0 aliphatic carbocycles. The first-order valence-corrected chi connectivity index (χ1v) is 14.6. The topological polar surface area (TPSA) is 96.0 Å². The number of nitrogens with zero attached hydrogens (tertiary/aromatic N) is 2. The highest BCUT2D eigenvalue weighted by molar-refractivity contribution is 7.14. The minimum Gasteiger partial charge on any atom is -0.320 e. The third-order valence-electron chi connectivity index (χ3n) is 6.94. The van der Waals surface area contributed by atoms with E-state index in [9.17, 15) is 9.59 Å². The van der Waals surface area contributed by atoms with Crippen LogP contribution in [0.4, 0.5) is 5.69 Å². The van der Waals surface area contributed by atoms with Crippen LogP contribution in [0.25, 0.3) is 11.1 Å². The Kier molecular flexibility index (Phi) is 7.11. The summed E-state index contributed by atoms with van der Waals surface area (Å²) in [6.07, 6.45) is 1.88. The predicted octanol–water partition coefficient (Wildman–Crippen LogP) is 5.20. The quantitative estimate of drug-likeness (QED) is 0.279. The molecule has 0 unspecified atom stereocenters. The molecule has 10 heteroatoms. The van der Waals surface area contributed by atoms with Crippen molar-refractivity contribution in [3.05, 3.63) is 83.7 Å². The highest BCUT2D eigenvalue weighted by atomic mass is 35.5. The van der Waals surface area contributed by atoms with Crippen molar-refractivity contribution in [2.45, 2.75) is 39.3 Å². The predicted molar refractivity (Wildman–Crippen MR) is 153 cm³/mol. The lowest BCUT2D eigenvalue weighted by Crippen LogP contribution is -2.22. The van der Waals surface area contributed by atoms with E-state index in [1.807, 2.05) is 43.3 Å². The number of anilines is 1. The molecule has 38 heavy (non-hydrogen) atoms. The highest BCUT2D eigenvalue weighted by Gasteiger charge is 2.22. The number of carbonyl (C=O) groups excluding carboxylic acids is 2. The van der Waals surface area contributed by atoms with Crippen molar-refractivity contribution in [2.24, 2.45) is 0 Å². The molecule has 0 atom stereocenters. The van der Waals surface area contributed by atoms with Gasteiger partial charge in [-0.15, -0.1) is 22.7 Å². The number of carbonyl (C=O) groups is 2. The van der Waals surface area contributed by atoms with Crippen LogP contribution in [-0.2, 0) is 32.4 Å². The summed E-state index contributed by atoms with van der Waals surface area (Å²) in [5, 5.41) is 11.2. The molecule has 0 bridgehead atoms. The summed E-state index contributed by atoms with van der Waals surface area (Å²) in [5.41, 5.74) is 6.13. The number of fused-ring (bicyclic) bond motifs is 2. The fraction of sp³-hybridized carbons (Fsp3) is 0.286. The number of aromatic nitrogens is 2. The van der Waals surface area contributed by atoms with Crippen LogP contribution in [0.2, 0.25) is 5.02 Å². The van der Waals surface area contributed by atoms with E-state index in [1.165, 1.54) is 22.7 Å². The number of nitrogens with one attached hydrogen (secondary N) is 3. The maximum Gasteiger partial charge on any atom is 0.284 e. The van der Waals surface area contributed by atoms with Crippen molar-refractivity contribution in [2.75, 3.05) is 18.4 Å². The van der Waals surface area contributed by atoms with Crippen LogP contribution < -0.4 is 16.0 Å². The van der Waals surface area contributed by atoms with Gasteiger partial charge in [-0.05, 0) is 29.7 Å². The Morgan fingerprint density at radius 2 is 1.55 bits per heavy atom. The van der Waals surface area contributed by atoms with Crippen molar-refractivity contribution in [3.63, 3.8) is 0 Å². The van der Waals surface area contributed by atoms with E-state index in [0.717, 1.165) is 82.4 Å². The summed E-state index contributed by atoms with van der Waals surface area (Å²) >= 11 is 9.79. The molecule has 0 radical (unpaired) electrons. The molecule has 7 nitrogen and oxygen atoms in total. The number of thiazole rings is 2. The summed E-state index contributed by atoms with van der Waals surface area (Å²) in [7, 11) is 0.